The lowest BCUT2D eigenvalue weighted by atomic mass is 9.96. The van der Waals surface area contributed by atoms with Crippen LogP contribution in [0.15, 0.2) is 10.3 Å². The van der Waals surface area contributed by atoms with Gasteiger partial charge in [-0.3, -0.25) is 9.59 Å². The Bertz CT molecular complexity index is 864. The van der Waals surface area contributed by atoms with E-state index in [2.05, 4.69) is 0 Å². The molecule has 0 fully saturated rings. The maximum atomic E-state index is 12.8. The Morgan fingerprint density at radius 1 is 1.41 bits per heavy atom. The van der Waals surface area contributed by atoms with Crippen LogP contribution >= 0.6 is 11.3 Å². The minimum absolute atomic E-state index is 0.176. The van der Waals surface area contributed by atoms with Crippen LogP contribution in [0.1, 0.15) is 24.3 Å². The molecular formula is C14H18F3N3O5S2. The van der Waals surface area contributed by atoms with Crippen molar-refractivity contribution in [3.63, 3.8) is 0 Å². The second kappa shape index (κ2) is 7.04. The number of hydrogen-bond donors (Lipinski definition) is 3. The first kappa shape index (κ1) is 21.6. The number of nitrogens with one attached hydrogen (secondary N) is 1. The predicted octanol–water partition coefficient (Wildman–Crippen LogP) is 0.0982. The number of sulfonamides is 1. The summed E-state index contributed by atoms with van der Waals surface area (Å²) in [4.78, 5) is 25.5. The lowest BCUT2D eigenvalue weighted by molar-refractivity contribution is -0.258. The van der Waals surface area contributed by atoms with Crippen LogP contribution < -0.4 is 10.5 Å². The summed E-state index contributed by atoms with van der Waals surface area (Å²) in [7, 11) is -4.49. The minimum atomic E-state index is -5.23. The number of nitrogens with two attached hydrogens (primary N) is 1. The van der Waals surface area contributed by atoms with E-state index in [9.17, 15) is 36.3 Å². The molecule has 8 nitrogen and oxygen atoms in total. The van der Waals surface area contributed by atoms with Crippen LogP contribution in [0.4, 0.5) is 13.2 Å². The van der Waals surface area contributed by atoms with Crippen LogP contribution in [0.25, 0.3) is 0 Å². The van der Waals surface area contributed by atoms with Gasteiger partial charge in [0.2, 0.25) is 5.91 Å². The third-order valence-electron chi connectivity index (χ3n) is 4.25. The molecule has 2 amide bonds. The van der Waals surface area contributed by atoms with E-state index < -0.39 is 33.7 Å². The summed E-state index contributed by atoms with van der Waals surface area (Å²) in [5, 5.41) is 9.43. The zero-order chi connectivity index (χ0) is 20.8. The number of halogens is 3. The van der Waals surface area contributed by atoms with Gasteiger partial charge in [-0.15, -0.1) is 11.3 Å². The first-order valence-electron chi connectivity index (χ1n) is 7.65. The van der Waals surface area contributed by atoms with Crippen molar-refractivity contribution in [3.8, 4) is 0 Å². The fourth-order valence-electron chi connectivity index (χ4n) is 2.38. The molecule has 0 saturated carbocycles. The molecule has 13 heteroatoms. The topological polar surface area (TPSA) is 130 Å². The monoisotopic (exact) mass is 429 g/mol. The highest BCUT2D eigenvalue weighted by atomic mass is 32.2. The van der Waals surface area contributed by atoms with Gasteiger partial charge in [0.1, 0.15) is 10.3 Å². The third-order valence-corrected chi connectivity index (χ3v) is 7.31. The molecule has 0 aromatic carbocycles. The van der Waals surface area contributed by atoms with Crippen molar-refractivity contribution >= 4 is 33.2 Å². The highest BCUT2D eigenvalue weighted by molar-refractivity contribution is 7.92. The largest absolute Gasteiger partial charge is 0.418 e. The normalized spacial score (nSPS) is 18.4. The second-order valence-corrected chi connectivity index (χ2v) is 9.34. The van der Waals surface area contributed by atoms with Crippen molar-refractivity contribution in [2.45, 2.75) is 48.8 Å². The summed E-state index contributed by atoms with van der Waals surface area (Å²) in [6.07, 6.45) is -4.81. The number of rotatable bonds is 4. The summed E-state index contributed by atoms with van der Waals surface area (Å²) in [5.74, 6) is -1.86. The van der Waals surface area contributed by atoms with Gasteiger partial charge in [0.15, 0.2) is 5.60 Å². The van der Waals surface area contributed by atoms with E-state index >= 15 is 0 Å². The molecule has 152 valence electrons. The molecule has 0 bridgehead atoms. The van der Waals surface area contributed by atoms with Crippen molar-refractivity contribution in [2.75, 3.05) is 6.54 Å². The highest BCUT2D eigenvalue weighted by Crippen LogP contribution is 2.33. The van der Waals surface area contributed by atoms with Gasteiger partial charge in [-0.25, -0.2) is 13.1 Å². The number of amides is 2. The van der Waals surface area contributed by atoms with E-state index in [1.165, 1.54) is 22.6 Å². The molecule has 1 aromatic rings. The lowest BCUT2D eigenvalue weighted by Crippen LogP contribution is -2.62. The summed E-state index contributed by atoms with van der Waals surface area (Å²) < 4.78 is 64.2. The van der Waals surface area contributed by atoms with Gasteiger partial charge in [-0.2, -0.15) is 13.2 Å². The van der Waals surface area contributed by atoms with Crippen molar-refractivity contribution in [1.29, 1.82) is 0 Å². The fraction of sp³-hybridized carbons (Fsp3) is 0.571. The molecule has 0 saturated heterocycles. The maximum absolute atomic E-state index is 12.8. The zero-order valence-electron chi connectivity index (χ0n) is 14.3. The van der Waals surface area contributed by atoms with Gasteiger partial charge >= 0.3 is 6.18 Å². The number of aliphatic hydroxyl groups is 1. The predicted molar refractivity (Wildman–Crippen MR) is 89.1 cm³/mol. The van der Waals surface area contributed by atoms with Crippen molar-refractivity contribution < 1.29 is 36.3 Å². The Balaban J connectivity index is 2.21. The number of carbonyl (C=O) groups excluding carboxylic acids is 2. The zero-order valence-corrected chi connectivity index (χ0v) is 16.0. The molecule has 2 unspecified atom stereocenters. The number of thiophene rings is 1. The SMILES string of the molecule is CC(=O)N1CCc2sc(S(=O)(=O)NC(=O)C(N)C(C)(O)C(F)(F)F)cc2C1. The smallest absolute Gasteiger partial charge is 0.379 e. The van der Waals surface area contributed by atoms with Crippen LogP contribution in [-0.2, 0) is 32.6 Å². The highest BCUT2D eigenvalue weighted by Gasteiger charge is 2.56. The van der Waals surface area contributed by atoms with E-state index in [0.717, 1.165) is 11.3 Å². The molecule has 0 aliphatic carbocycles. The molecule has 27 heavy (non-hydrogen) atoms. The summed E-state index contributed by atoms with van der Waals surface area (Å²) in [6.45, 7) is 2.27. The van der Waals surface area contributed by atoms with Gasteiger partial charge in [0.25, 0.3) is 15.9 Å². The van der Waals surface area contributed by atoms with Crippen molar-refractivity contribution in [1.82, 2.24) is 9.62 Å². The van der Waals surface area contributed by atoms with Gasteiger partial charge in [0.05, 0.1) is 0 Å². The van der Waals surface area contributed by atoms with Crippen molar-refractivity contribution in [2.24, 2.45) is 5.73 Å². The molecule has 0 spiro atoms. The molecule has 4 N–H and O–H groups in total. The Kier molecular flexibility index (Phi) is 5.63. The molecule has 2 atom stereocenters. The number of carbonyl (C=O) groups is 2. The average Bonchev–Trinajstić information content (AvgIpc) is 2.96. The summed E-state index contributed by atoms with van der Waals surface area (Å²) in [5.41, 5.74) is 2.10. The molecule has 1 aliphatic rings. The van der Waals surface area contributed by atoms with E-state index in [1.54, 1.807) is 0 Å². The van der Waals surface area contributed by atoms with E-state index in [1.807, 2.05) is 0 Å². The lowest BCUT2D eigenvalue weighted by Gasteiger charge is -2.30. The number of hydrogen-bond acceptors (Lipinski definition) is 7. The molecule has 1 aliphatic heterocycles. The Hall–Kier alpha value is -1.70. The first-order chi connectivity index (χ1) is 12.2. The Labute approximate surface area is 157 Å². The maximum Gasteiger partial charge on any atom is 0.418 e. The van der Waals surface area contributed by atoms with Gasteiger partial charge in [-0.1, -0.05) is 0 Å². The van der Waals surface area contributed by atoms with Crippen LogP contribution in [-0.4, -0.2) is 54.6 Å². The molecule has 2 heterocycles. The van der Waals surface area contributed by atoms with Gasteiger partial charge < -0.3 is 15.7 Å². The second-order valence-electron chi connectivity index (χ2n) is 6.30. The van der Waals surface area contributed by atoms with E-state index in [0.29, 0.717) is 23.4 Å². The molecule has 1 aromatic heterocycles. The summed E-state index contributed by atoms with van der Waals surface area (Å²) in [6, 6.07) is -1.28. The van der Waals surface area contributed by atoms with E-state index in [-0.39, 0.29) is 23.6 Å². The van der Waals surface area contributed by atoms with Crippen LogP contribution in [0.2, 0.25) is 0 Å². The van der Waals surface area contributed by atoms with Crippen molar-refractivity contribution in [3.05, 3.63) is 16.5 Å². The molecule has 2 rings (SSSR count). The van der Waals surface area contributed by atoms with Gasteiger partial charge in [0, 0.05) is 24.9 Å². The molecular weight excluding hydrogens is 411 g/mol. The number of alkyl halides is 3. The average molecular weight is 429 g/mol. The number of fused-ring (bicyclic) bond motifs is 1. The summed E-state index contributed by atoms with van der Waals surface area (Å²) >= 11 is 0.857. The Morgan fingerprint density at radius 2 is 2.00 bits per heavy atom. The fourth-order valence-corrected chi connectivity index (χ4v) is 4.93. The number of nitrogens with zero attached hydrogens (tertiary/aromatic N) is 1. The van der Waals surface area contributed by atoms with Gasteiger partial charge in [-0.05, 0) is 25.0 Å². The Morgan fingerprint density at radius 3 is 2.52 bits per heavy atom. The van der Waals surface area contributed by atoms with Crippen LogP contribution in [0, 0.1) is 0 Å². The van der Waals surface area contributed by atoms with Crippen LogP contribution in [0.5, 0.6) is 0 Å². The van der Waals surface area contributed by atoms with E-state index in [4.69, 9.17) is 5.73 Å². The quantitative estimate of drug-likeness (QED) is 0.622. The first-order valence-corrected chi connectivity index (χ1v) is 9.95. The third kappa shape index (κ3) is 4.25. The van der Waals surface area contributed by atoms with Crippen LogP contribution in [0.3, 0.4) is 0 Å². The molecule has 0 radical (unpaired) electrons. The minimum Gasteiger partial charge on any atom is -0.379 e. The standard InChI is InChI=1S/C14H18F3N3O5S2/c1-7(21)20-4-3-9-8(6-20)5-10(26-9)27(24,25)19-12(22)11(18)13(2,23)14(15,16)17/h5,11,23H,3-4,6,18H2,1-2H3,(H,19,22).